The molecule has 0 unspecified atom stereocenters. The molecule has 2 aromatic carbocycles. The Morgan fingerprint density at radius 2 is 1.82 bits per heavy atom. The van der Waals surface area contributed by atoms with Crippen LogP contribution < -0.4 is 15.8 Å². The zero-order valence-electron chi connectivity index (χ0n) is 18.2. The van der Waals surface area contributed by atoms with E-state index < -0.39 is 0 Å². The molecule has 5 rings (SSSR count). The number of halogens is 2. The van der Waals surface area contributed by atoms with Crippen molar-refractivity contribution < 1.29 is 4.42 Å². The summed E-state index contributed by atoms with van der Waals surface area (Å²) in [5.74, 6) is 1.01. The fourth-order valence-electron chi connectivity index (χ4n) is 4.34. The first kappa shape index (κ1) is 23.4. The van der Waals surface area contributed by atoms with Gasteiger partial charge in [0.15, 0.2) is 0 Å². The molecule has 1 fully saturated rings. The normalized spacial score (nSPS) is 14.4. The number of fused-ring (bicyclic) bond motifs is 2. The Kier molecular flexibility index (Phi) is 7.38. The third-order valence-corrected chi connectivity index (χ3v) is 6.23. The first-order valence-electron chi connectivity index (χ1n) is 11.0. The lowest BCUT2D eigenvalue weighted by Crippen LogP contribution is -2.47. The average Bonchev–Trinajstić information content (AvgIpc) is 2.81. The molecule has 1 aliphatic heterocycles. The van der Waals surface area contributed by atoms with Gasteiger partial charge in [-0.15, -0.1) is 12.4 Å². The van der Waals surface area contributed by atoms with Gasteiger partial charge in [-0.2, -0.15) is 0 Å². The van der Waals surface area contributed by atoms with Gasteiger partial charge < -0.3 is 14.6 Å². The van der Waals surface area contributed by atoms with Crippen molar-refractivity contribution in [1.29, 1.82) is 0 Å². The van der Waals surface area contributed by atoms with E-state index in [0.29, 0.717) is 5.58 Å². The van der Waals surface area contributed by atoms with Gasteiger partial charge in [0.25, 0.3) is 0 Å². The van der Waals surface area contributed by atoms with Crippen LogP contribution in [0.3, 0.4) is 0 Å². The lowest BCUT2D eigenvalue weighted by Gasteiger charge is -2.36. The van der Waals surface area contributed by atoms with E-state index in [4.69, 9.17) is 16.0 Å². The summed E-state index contributed by atoms with van der Waals surface area (Å²) in [7, 11) is 0. The van der Waals surface area contributed by atoms with Crippen molar-refractivity contribution in [3.8, 4) is 0 Å². The molecule has 0 atom stereocenters. The van der Waals surface area contributed by atoms with Crippen molar-refractivity contribution in [2.75, 3.05) is 49.5 Å². The summed E-state index contributed by atoms with van der Waals surface area (Å²) < 4.78 is 5.26. The summed E-state index contributed by atoms with van der Waals surface area (Å²) in [5.41, 5.74) is 1.12. The summed E-state index contributed by atoms with van der Waals surface area (Å²) in [6, 6.07) is 17.1. The summed E-state index contributed by atoms with van der Waals surface area (Å²) in [5, 5.41) is 7.35. The Labute approximate surface area is 203 Å². The van der Waals surface area contributed by atoms with Crippen LogP contribution in [0.1, 0.15) is 6.42 Å². The second-order valence-electron chi connectivity index (χ2n) is 8.08. The van der Waals surface area contributed by atoms with Crippen LogP contribution in [0.25, 0.3) is 21.7 Å². The molecular weight excluding hydrogens is 459 g/mol. The predicted molar refractivity (Wildman–Crippen MR) is 138 cm³/mol. The number of aromatic nitrogens is 1. The van der Waals surface area contributed by atoms with Gasteiger partial charge in [0.2, 0.25) is 0 Å². The van der Waals surface area contributed by atoms with Crippen LogP contribution in [-0.2, 0) is 0 Å². The van der Waals surface area contributed by atoms with Gasteiger partial charge in [0, 0.05) is 60.8 Å². The number of rotatable bonds is 6. The lowest BCUT2D eigenvalue weighted by molar-refractivity contribution is 0.257. The number of para-hydroxylation sites is 1. The molecule has 6 nitrogen and oxygen atoms in total. The Hall–Kier alpha value is -2.80. The van der Waals surface area contributed by atoms with Crippen molar-refractivity contribution >= 4 is 57.3 Å². The zero-order chi connectivity index (χ0) is 21.9. The van der Waals surface area contributed by atoms with Crippen LogP contribution in [0.15, 0.2) is 70.0 Å². The molecule has 0 saturated carbocycles. The van der Waals surface area contributed by atoms with E-state index in [1.807, 2.05) is 54.7 Å². The summed E-state index contributed by atoms with van der Waals surface area (Å²) in [6.07, 6.45) is 2.87. The number of hydrogen-bond donors (Lipinski definition) is 1. The molecule has 8 heteroatoms. The van der Waals surface area contributed by atoms with Crippen molar-refractivity contribution in [2.45, 2.75) is 6.42 Å². The molecule has 0 bridgehead atoms. The second-order valence-corrected chi connectivity index (χ2v) is 8.52. The summed E-state index contributed by atoms with van der Waals surface area (Å²) in [6.45, 7) is 5.69. The number of pyridine rings is 1. The molecule has 0 amide bonds. The first-order chi connectivity index (χ1) is 15.7. The number of piperazine rings is 1. The molecule has 33 heavy (non-hydrogen) atoms. The minimum absolute atomic E-state index is 0. The molecular formula is C25H26Cl2N4O2. The van der Waals surface area contributed by atoms with Gasteiger partial charge in [-0.05, 0) is 48.7 Å². The van der Waals surface area contributed by atoms with Gasteiger partial charge >= 0.3 is 5.63 Å². The Morgan fingerprint density at radius 3 is 2.67 bits per heavy atom. The highest BCUT2D eigenvalue weighted by atomic mass is 35.5. The number of nitrogens with zero attached hydrogens (tertiary/aromatic N) is 3. The molecule has 0 aliphatic carbocycles. The number of nitrogens with one attached hydrogen (secondary N) is 1. The average molecular weight is 485 g/mol. The Balaban J connectivity index is 0.00000259. The van der Waals surface area contributed by atoms with E-state index in [2.05, 4.69) is 20.1 Å². The number of hydrogen-bond acceptors (Lipinski definition) is 6. The van der Waals surface area contributed by atoms with Crippen molar-refractivity contribution in [3.05, 3.63) is 76.2 Å². The van der Waals surface area contributed by atoms with E-state index >= 15 is 0 Å². The van der Waals surface area contributed by atoms with Crippen molar-refractivity contribution in [3.63, 3.8) is 0 Å². The van der Waals surface area contributed by atoms with Crippen LogP contribution in [0.5, 0.6) is 0 Å². The predicted octanol–water partition coefficient (Wildman–Crippen LogP) is 5.04. The van der Waals surface area contributed by atoms with Gasteiger partial charge in [0.1, 0.15) is 11.4 Å². The highest BCUT2D eigenvalue weighted by Gasteiger charge is 2.19. The highest BCUT2D eigenvalue weighted by Crippen LogP contribution is 2.28. The van der Waals surface area contributed by atoms with Crippen molar-refractivity contribution in [1.82, 2.24) is 9.88 Å². The van der Waals surface area contributed by atoms with Crippen LogP contribution in [0.2, 0.25) is 5.02 Å². The van der Waals surface area contributed by atoms with E-state index in [9.17, 15) is 4.79 Å². The van der Waals surface area contributed by atoms with Crippen LogP contribution in [0, 0.1) is 0 Å². The fourth-order valence-corrected chi connectivity index (χ4v) is 4.52. The second kappa shape index (κ2) is 10.4. The summed E-state index contributed by atoms with van der Waals surface area (Å²) >= 11 is 6.23. The molecule has 0 spiro atoms. The molecule has 1 saturated heterocycles. The molecule has 0 radical (unpaired) electrons. The minimum Gasteiger partial charge on any atom is -0.423 e. The number of anilines is 2. The van der Waals surface area contributed by atoms with Gasteiger partial charge in [-0.25, -0.2) is 9.78 Å². The Morgan fingerprint density at radius 1 is 1.00 bits per heavy atom. The van der Waals surface area contributed by atoms with Gasteiger partial charge in [-0.1, -0.05) is 29.8 Å². The zero-order valence-corrected chi connectivity index (χ0v) is 19.7. The largest absolute Gasteiger partial charge is 0.423 e. The highest BCUT2D eigenvalue weighted by molar-refractivity contribution is 6.31. The first-order valence-corrected chi connectivity index (χ1v) is 11.3. The minimum atomic E-state index is -0.328. The van der Waals surface area contributed by atoms with Crippen LogP contribution in [0.4, 0.5) is 11.5 Å². The monoisotopic (exact) mass is 484 g/mol. The maximum Gasteiger partial charge on any atom is 0.338 e. The van der Waals surface area contributed by atoms with Gasteiger partial charge in [0.05, 0.1) is 5.69 Å². The maximum absolute atomic E-state index is 11.8. The smallest absolute Gasteiger partial charge is 0.338 e. The van der Waals surface area contributed by atoms with E-state index in [1.54, 1.807) is 0 Å². The SMILES string of the molecule is Cl.O=c1cc(NCCCN2CCN(c3nccc4ccc(Cl)cc34)CC2)c2ccccc2o1. The lowest BCUT2D eigenvalue weighted by atomic mass is 10.1. The van der Waals surface area contributed by atoms with E-state index in [0.717, 1.165) is 78.4 Å². The van der Waals surface area contributed by atoms with Gasteiger partial charge in [-0.3, -0.25) is 4.90 Å². The van der Waals surface area contributed by atoms with Crippen molar-refractivity contribution in [2.24, 2.45) is 0 Å². The Bertz CT molecular complexity index is 1300. The van der Waals surface area contributed by atoms with E-state index in [1.165, 1.54) is 6.07 Å². The molecule has 3 heterocycles. The number of benzene rings is 2. The third-order valence-electron chi connectivity index (χ3n) is 6.00. The molecule has 1 N–H and O–H groups in total. The fraction of sp³-hybridized carbons (Fsp3) is 0.280. The van der Waals surface area contributed by atoms with Crippen LogP contribution >= 0.6 is 24.0 Å². The molecule has 4 aromatic rings. The molecule has 2 aromatic heterocycles. The topological polar surface area (TPSA) is 61.6 Å². The summed E-state index contributed by atoms with van der Waals surface area (Å²) in [4.78, 5) is 21.3. The third kappa shape index (κ3) is 5.24. The maximum atomic E-state index is 11.8. The quantitative estimate of drug-likeness (QED) is 0.305. The molecule has 1 aliphatic rings. The molecule has 172 valence electrons. The van der Waals surface area contributed by atoms with Crippen LogP contribution in [-0.4, -0.2) is 49.2 Å². The van der Waals surface area contributed by atoms with E-state index in [-0.39, 0.29) is 18.0 Å². The standard InChI is InChI=1S/C25H25ClN4O2.ClH/c26-19-7-6-18-8-10-28-25(21(18)16-19)30-14-12-29(13-15-30)11-3-9-27-22-17-24(31)32-23-5-2-1-4-20(22)23;/h1-2,4-8,10,16-17,27H,3,9,11-15H2;1H.